The Morgan fingerprint density at radius 3 is 2.53 bits per heavy atom. The molecule has 1 aromatic rings. The average Bonchev–Trinajstić information content (AvgIpc) is 2.70. The Morgan fingerprint density at radius 2 is 1.90 bits per heavy atom. The summed E-state index contributed by atoms with van der Waals surface area (Å²) < 4.78 is 40.2. The highest BCUT2D eigenvalue weighted by Crippen LogP contribution is 2.36. The Labute approximate surface area is 173 Å². The fourth-order valence-electron chi connectivity index (χ4n) is 4.03. The van der Waals surface area contributed by atoms with E-state index in [1.165, 1.54) is 7.05 Å². The van der Waals surface area contributed by atoms with E-state index in [2.05, 4.69) is 25.6 Å². The van der Waals surface area contributed by atoms with Gasteiger partial charge in [0.15, 0.2) is 5.78 Å². The number of alkyl halides is 3. The smallest absolute Gasteiger partial charge is 0.367 e. The summed E-state index contributed by atoms with van der Waals surface area (Å²) in [6, 6.07) is -0.0834. The van der Waals surface area contributed by atoms with Crippen LogP contribution >= 0.6 is 0 Å². The van der Waals surface area contributed by atoms with Gasteiger partial charge in [0.2, 0.25) is 5.91 Å². The van der Waals surface area contributed by atoms with Gasteiger partial charge in [0.1, 0.15) is 11.4 Å². The van der Waals surface area contributed by atoms with Gasteiger partial charge in [-0.2, -0.15) is 18.2 Å². The van der Waals surface area contributed by atoms with E-state index in [4.69, 9.17) is 0 Å². The molecule has 3 rings (SSSR count). The summed E-state index contributed by atoms with van der Waals surface area (Å²) in [6.07, 6.45) is 0.908. The highest BCUT2D eigenvalue weighted by Gasteiger charge is 2.37. The summed E-state index contributed by atoms with van der Waals surface area (Å²) in [5, 5.41) is 5.45. The molecule has 1 amide bonds. The maximum atomic E-state index is 13.4. The number of Topliss-reactive ketones (excluding diaryl/α,β-unsaturated/α-hetero) is 1. The zero-order valence-electron chi connectivity index (χ0n) is 17.1. The number of nitrogens with one attached hydrogen (secondary N) is 2. The lowest BCUT2D eigenvalue weighted by Gasteiger charge is -2.27. The molecule has 2 fully saturated rings. The van der Waals surface area contributed by atoms with Crippen LogP contribution in [0.25, 0.3) is 0 Å². The Bertz CT molecular complexity index is 834. The van der Waals surface area contributed by atoms with Crippen LogP contribution in [0.3, 0.4) is 0 Å². The lowest BCUT2D eigenvalue weighted by molar-refractivity contribution is -0.137. The number of amides is 1. The van der Waals surface area contributed by atoms with Crippen molar-refractivity contribution in [3.63, 3.8) is 0 Å². The zero-order valence-corrected chi connectivity index (χ0v) is 17.1. The summed E-state index contributed by atoms with van der Waals surface area (Å²) >= 11 is 0. The largest absolute Gasteiger partial charge is 0.421 e. The first-order valence-corrected chi connectivity index (χ1v) is 10.2. The fraction of sp³-hybridized carbons (Fsp3) is 0.650. The average molecular weight is 425 g/mol. The van der Waals surface area contributed by atoms with E-state index in [9.17, 15) is 22.8 Å². The first-order valence-electron chi connectivity index (χ1n) is 10.2. The van der Waals surface area contributed by atoms with Gasteiger partial charge in [0.25, 0.3) is 5.95 Å². The Hall–Kier alpha value is -2.52. The summed E-state index contributed by atoms with van der Waals surface area (Å²) in [5.74, 6) is -1.58. The van der Waals surface area contributed by atoms with Crippen molar-refractivity contribution in [3.8, 4) is 0 Å². The topological polar surface area (TPSA) is 96.3 Å². The first kappa shape index (κ1) is 22.2. The van der Waals surface area contributed by atoms with Gasteiger partial charge in [-0.3, -0.25) is 9.59 Å². The zero-order chi connectivity index (χ0) is 21.9. The van der Waals surface area contributed by atoms with Crippen LogP contribution < -0.4 is 10.6 Å². The van der Waals surface area contributed by atoms with Crippen LogP contribution in [0.5, 0.6) is 0 Å². The van der Waals surface area contributed by atoms with E-state index in [1.54, 1.807) is 0 Å². The van der Waals surface area contributed by atoms with E-state index >= 15 is 0 Å². The molecule has 1 heterocycles. The third-order valence-corrected chi connectivity index (χ3v) is 5.77. The number of ketones is 1. The number of anilines is 1. The van der Waals surface area contributed by atoms with E-state index in [0.717, 1.165) is 32.1 Å². The minimum Gasteiger partial charge on any atom is -0.367 e. The minimum atomic E-state index is -4.60. The molecule has 0 aliphatic heterocycles. The normalized spacial score (nSPS) is 24.7. The van der Waals surface area contributed by atoms with Gasteiger partial charge in [0.05, 0.1) is 5.71 Å². The van der Waals surface area contributed by atoms with Crippen molar-refractivity contribution in [2.75, 3.05) is 12.4 Å². The number of carbonyl (C=O) groups excluding carboxylic acids is 2. The SMILES string of the molecule is CNC(=O)C1CC(=O)C(=Nc2ncc(C(F)(F)F)c(NC3CCCCC3)n2)CC1C. The number of hydrogen-bond acceptors (Lipinski definition) is 6. The molecule has 2 saturated carbocycles. The molecule has 1 aromatic heterocycles. The molecule has 0 radical (unpaired) electrons. The molecule has 0 bridgehead atoms. The first-order chi connectivity index (χ1) is 14.2. The fourth-order valence-corrected chi connectivity index (χ4v) is 4.03. The van der Waals surface area contributed by atoms with Gasteiger partial charge in [-0.25, -0.2) is 9.98 Å². The highest BCUT2D eigenvalue weighted by atomic mass is 19.4. The number of aliphatic imine (C=N–C) groups is 1. The lowest BCUT2D eigenvalue weighted by Crippen LogP contribution is -2.40. The van der Waals surface area contributed by atoms with Crippen LogP contribution in [-0.4, -0.2) is 40.5 Å². The third-order valence-electron chi connectivity index (χ3n) is 5.77. The second kappa shape index (κ2) is 9.09. The van der Waals surface area contributed by atoms with Crippen LogP contribution in [-0.2, 0) is 15.8 Å². The molecule has 2 atom stereocenters. The van der Waals surface area contributed by atoms with Crippen LogP contribution in [0, 0.1) is 11.8 Å². The number of nitrogens with zero attached hydrogens (tertiary/aromatic N) is 3. The Balaban J connectivity index is 1.86. The molecule has 164 valence electrons. The minimum absolute atomic E-state index is 0.00743. The summed E-state index contributed by atoms with van der Waals surface area (Å²) in [7, 11) is 1.51. The predicted octanol–water partition coefficient (Wildman–Crippen LogP) is 3.67. The van der Waals surface area contributed by atoms with Crippen LogP contribution in [0.15, 0.2) is 11.2 Å². The molecular weight excluding hydrogens is 399 g/mol. The van der Waals surface area contributed by atoms with Gasteiger partial charge in [-0.05, 0) is 25.2 Å². The Kier molecular flexibility index (Phi) is 6.72. The molecule has 7 nitrogen and oxygen atoms in total. The predicted molar refractivity (Wildman–Crippen MR) is 106 cm³/mol. The molecule has 2 N–H and O–H groups in total. The number of aromatic nitrogens is 2. The molecular formula is C20H26F3N5O2. The van der Waals surface area contributed by atoms with Crippen LogP contribution in [0.2, 0.25) is 0 Å². The molecule has 0 saturated heterocycles. The second-order valence-electron chi connectivity index (χ2n) is 8.00. The molecule has 2 aliphatic carbocycles. The lowest BCUT2D eigenvalue weighted by atomic mass is 9.78. The molecule has 2 unspecified atom stereocenters. The van der Waals surface area contributed by atoms with E-state index in [0.29, 0.717) is 6.20 Å². The van der Waals surface area contributed by atoms with Crippen molar-refractivity contribution < 1.29 is 22.8 Å². The molecule has 2 aliphatic rings. The summed E-state index contributed by atoms with van der Waals surface area (Å²) in [5.41, 5.74) is -0.758. The monoisotopic (exact) mass is 425 g/mol. The second-order valence-corrected chi connectivity index (χ2v) is 8.00. The van der Waals surface area contributed by atoms with Crippen molar-refractivity contribution in [2.45, 2.75) is 64.1 Å². The van der Waals surface area contributed by atoms with Crippen molar-refractivity contribution in [2.24, 2.45) is 16.8 Å². The van der Waals surface area contributed by atoms with E-state index in [-0.39, 0.29) is 54.0 Å². The summed E-state index contributed by atoms with van der Waals surface area (Å²) in [6.45, 7) is 1.84. The molecule has 30 heavy (non-hydrogen) atoms. The maximum Gasteiger partial charge on any atom is 0.421 e. The van der Waals surface area contributed by atoms with Gasteiger partial charge in [0, 0.05) is 31.6 Å². The van der Waals surface area contributed by atoms with Crippen molar-refractivity contribution in [1.82, 2.24) is 15.3 Å². The standard InChI is InChI=1S/C20H26F3N5O2/c1-11-8-15(16(29)9-13(11)18(30)24-2)27-19-25-10-14(20(21,22)23)17(28-19)26-12-6-4-3-5-7-12/h10-13H,3-9H2,1-2H3,(H,24,30)(H,25,26,28). The highest BCUT2D eigenvalue weighted by molar-refractivity contribution is 6.41. The molecule has 0 spiro atoms. The summed E-state index contributed by atoms with van der Waals surface area (Å²) in [4.78, 5) is 36.2. The van der Waals surface area contributed by atoms with Gasteiger partial charge in [-0.1, -0.05) is 26.2 Å². The van der Waals surface area contributed by atoms with Crippen molar-refractivity contribution in [3.05, 3.63) is 11.8 Å². The number of halogens is 3. The third kappa shape index (κ3) is 5.14. The van der Waals surface area contributed by atoms with Crippen molar-refractivity contribution in [1.29, 1.82) is 0 Å². The van der Waals surface area contributed by atoms with E-state index in [1.807, 2.05) is 6.92 Å². The molecule has 10 heteroatoms. The Morgan fingerprint density at radius 1 is 1.20 bits per heavy atom. The number of rotatable bonds is 4. The van der Waals surface area contributed by atoms with Crippen LogP contribution in [0.1, 0.15) is 57.4 Å². The number of hydrogen-bond donors (Lipinski definition) is 2. The number of carbonyl (C=O) groups is 2. The van der Waals surface area contributed by atoms with E-state index < -0.39 is 17.7 Å². The van der Waals surface area contributed by atoms with Gasteiger partial charge >= 0.3 is 6.18 Å². The molecule has 0 aromatic carbocycles. The maximum absolute atomic E-state index is 13.4. The van der Waals surface area contributed by atoms with Gasteiger partial charge in [-0.15, -0.1) is 0 Å². The van der Waals surface area contributed by atoms with Crippen molar-refractivity contribution >= 4 is 29.2 Å². The quantitative estimate of drug-likeness (QED) is 0.767. The van der Waals surface area contributed by atoms with Gasteiger partial charge < -0.3 is 10.6 Å². The van der Waals surface area contributed by atoms with Crippen LogP contribution in [0.4, 0.5) is 24.9 Å².